The number of esters is 2. The first-order valence-corrected chi connectivity index (χ1v) is 15.9. The maximum atomic E-state index is 12.5. The van der Waals surface area contributed by atoms with Crippen LogP contribution in [-0.2, 0) is 28.6 Å². The number of hydrogen-bond donors (Lipinski definition) is 1. The number of carbonyl (C=O) groups is 3. The maximum Gasteiger partial charge on any atom is 0.362 e. The zero-order valence-electron chi connectivity index (χ0n) is 26.7. The molecule has 0 aliphatic rings. The van der Waals surface area contributed by atoms with E-state index in [2.05, 4.69) is 26.0 Å². The van der Waals surface area contributed by atoms with Gasteiger partial charge in [-0.1, -0.05) is 95.9 Å². The number of unbranched alkanes of at least 4 members (excludes halogenated alkanes) is 9. The van der Waals surface area contributed by atoms with Gasteiger partial charge in [-0.2, -0.15) is 0 Å². The summed E-state index contributed by atoms with van der Waals surface area (Å²) in [6.07, 6.45) is 22.6. The molecule has 0 aromatic heterocycles. The van der Waals surface area contributed by atoms with Crippen LogP contribution < -0.4 is 0 Å². The fraction of sp³-hybridized carbons (Fsp3) is 0.788. The van der Waals surface area contributed by atoms with E-state index in [-0.39, 0.29) is 42.7 Å². The zero-order chi connectivity index (χ0) is 30.8. The third-order valence-electron chi connectivity index (χ3n) is 6.88. The van der Waals surface area contributed by atoms with Gasteiger partial charge >= 0.3 is 17.9 Å². The number of allylic oxidation sites excluding steroid dienone is 4. The molecule has 0 radical (unpaired) electrons. The van der Waals surface area contributed by atoms with Gasteiger partial charge in [0.25, 0.3) is 0 Å². The van der Waals surface area contributed by atoms with E-state index in [4.69, 9.17) is 14.2 Å². The minimum absolute atomic E-state index is 0.0458. The van der Waals surface area contributed by atoms with E-state index >= 15 is 0 Å². The number of carboxylic acids is 1. The van der Waals surface area contributed by atoms with Gasteiger partial charge < -0.3 is 23.8 Å². The Bertz CT molecular complexity index is 742. The van der Waals surface area contributed by atoms with Crippen molar-refractivity contribution in [2.75, 3.05) is 41.0 Å². The summed E-state index contributed by atoms with van der Waals surface area (Å²) in [5.74, 6) is -1.57. The van der Waals surface area contributed by atoms with Gasteiger partial charge in [-0.05, 0) is 25.7 Å². The summed E-state index contributed by atoms with van der Waals surface area (Å²) in [6.45, 7) is 4.48. The monoisotopic (exact) mass is 582 g/mol. The van der Waals surface area contributed by atoms with E-state index in [0.717, 1.165) is 32.1 Å². The number of hydrogen-bond acceptors (Lipinski definition) is 6. The first-order valence-electron chi connectivity index (χ1n) is 15.9. The highest BCUT2D eigenvalue weighted by atomic mass is 16.6. The predicted molar refractivity (Wildman–Crippen MR) is 165 cm³/mol. The summed E-state index contributed by atoms with van der Waals surface area (Å²) < 4.78 is 17.0. The smallest absolute Gasteiger partial charge is 0.362 e. The van der Waals surface area contributed by atoms with Gasteiger partial charge in [-0.25, -0.2) is 4.79 Å². The van der Waals surface area contributed by atoms with Crippen molar-refractivity contribution in [1.29, 1.82) is 0 Å². The summed E-state index contributed by atoms with van der Waals surface area (Å²) in [5, 5.41) is 9.51. The molecule has 0 aliphatic carbocycles. The highest BCUT2D eigenvalue weighted by Crippen LogP contribution is 2.13. The molecule has 0 fully saturated rings. The van der Waals surface area contributed by atoms with E-state index in [9.17, 15) is 19.5 Å². The Hall–Kier alpha value is -2.19. The van der Waals surface area contributed by atoms with Crippen molar-refractivity contribution in [3.63, 3.8) is 0 Å². The fourth-order valence-electron chi connectivity index (χ4n) is 4.38. The number of likely N-dealkylation sites (N-methyl/N-ethyl adjacent to an activating group) is 1. The molecule has 0 rings (SSSR count). The summed E-state index contributed by atoms with van der Waals surface area (Å²) in [5.41, 5.74) is 0. The topological polar surface area (TPSA) is 99.1 Å². The predicted octanol–water partition coefficient (Wildman–Crippen LogP) is 7.01. The van der Waals surface area contributed by atoms with Crippen LogP contribution in [0, 0.1) is 0 Å². The van der Waals surface area contributed by atoms with Crippen LogP contribution in [0.25, 0.3) is 0 Å². The van der Waals surface area contributed by atoms with E-state index in [1.165, 1.54) is 44.9 Å². The van der Waals surface area contributed by atoms with Crippen LogP contribution in [0.1, 0.15) is 117 Å². The van der Waals surface area contributed by atoms with Crippen molar-refractivity contribution in [1.82, 2.24) is 0 Å². The second-order valence-corrected chi connectivity index (χ2v) is 11.7. The molecule has 8 heteroatoms. The Balaban J connectivity index is 4.56. The lowest BCUT2D eigenvalue weighted by atomic mass is 10.1. The number of carbonyl (C=O) groups excluding carboxylic acids is 2. The maximum absolute atomic E-state index is 12.5. The average molecular weight is 583 g/mol. The normalized spacial score (nSPS) is 13.5. The fourth-order valence-corrected chi connectivity index (χ4v) is 4.38. The van der Waals surface area contributed by atoms with Crippen molar-refractivity contribution in [3.05, 3.63) is 24.3 Å². The molecule has 0 aromatic carbocycles. The standard InChI is InChI=1S/C33H59NO7/c1-6-8-10-12-14-15-16-18-20-22-24-32(36)41-29(27-39-26-25-30(33(37)38)34(3,4)5)28-40-31(35)23-21-19-17-13-11-9-7-2/h9,11,17,19,29-30H,6-8,10,12-16,18,20-28H2,1-5H3/p+1/b11-9+,19-17+. The molecular weight excluding hydrogens is 522 g/mol. The molecule has 0 amide bonds. The number of aliphatic carboxylic acids is 1. The van der Waals surface area contributed by atoms with E-state index in [0.29, 0.717) is 19.3 Å². The molecule has 2 atom stereocenters. The van der Waals surface area contributed by atoms with Crippen molar-refractivity contribution in [2.45, 2.75) is 129 Å². The van der Waals surface area contributed by atoms with Crippen LogP contribution in [0.2, 0.25) is 0 Å². The lowest BCUT2D eigenvalue weighted by Crippen LogP contribution is -2.50. The molecule has 8 nitrogen and oxygen atoms in total. The lowest BCUT2D eigenvalue weighted by molar-refractivity contribution is -0.887. The van der Waals surface area contributed by atoms with Gasteiger partial charge in [0.2, 0.25) is 0 Å². The Labute approximate surface area is 250 Å². The summed E-state index contributed by atoms with van der Waals surface area (Å²) >= 11 is 0. The van der Waals surface area contributed by atoms with Gasteiger partial charge in [0.1, 0.15) is 6.61 Å². The third kappa shape index (κ3) is 24.1. The Kier molecular flexibility index (Phi) is 24.2. The molecule has 0 saturated heterocycles. The van der Waals surface area contributed by atoms with Crippen LogP contribution in [0.5, 0.6) is 0 Å². The first-order chi connectivity index (χ1) is 19.6. The van der Waals surface area contributed by atoms with Gasteiger partial charge in [0.05, 0.1) is 34.4 Å². The second-order valence-electron chi connectivity index (χ2n) is 11.7. The molecule has 0 saturated carbocycles. The van der Waals surface area contributed by atoms with E-state index in [1.54, 1.807) is 0 Å². The summed E-state index contributed by atoms with van der Waals surface area (Å²) in [7, 11) is 5.48. The van der Waals surface area contributed by atoms with Crippen molar-refractivity contribution >= 4 is 17.9 Å². The second kappa shape index (κ2) is 25.5. The Morgan fingerprint density at radius 3 is 1.95 bits per heavy atom. The van der Waals surface area contributed by atoms with Crippen molar-refractivity contribution < 1.29 is 38.2 Å². The number of ether oxygens (including phenoxy) is 3. The quantitative estimate of drug-likeness (QED) is 0.0481. The minimum atomic E-state index is -0.884. The summed E-state index contributed by atoms with van der Waals surface area (Å²) in [6, 6.07) is -0.615. The van der Waals surface area contributed by atoms with Gasteiger partial charge in [0.15, 0.2) is 12.1 Å². The molecular formula is C33H60NO7+. The molecule has 41 heavy (non-hydrogen) atoms. The van der Waals surface area contributed by atoms with Crippen LogP contribution in [0.15, 0.2) is 24.3 Å². The molecule has 0 spiro atoms. The average Bonchev–Trinajstić information content (AvgIpc) is 2.91. The molecule has 0 aromatic rings. The Morgan fingerprint density at radius 1 is 0.756 bits per heavy atom. The number of carboxylic acid groups (broad SMARTS) is 1. The lowest BCUT2D eigenvalue weighted by Gasteiger charge is -2.31. The third-order valence-corrected chi connectivity index (χ3v) is 6.88. The minimum Gasteiger partial charge on any atom is -0.477 e. The van der Waals surface area contributed by atoms with Crippen molar-refractivity contribution in [3.8, 4) is 0 Å². The van der Waals surface area contributed by atoms with Crippen LogP contribution in [0.3, 0.4) is 0 Å². The summed E-state index contributed by atoms with van der Waals surface area (Å²) in [4.78, 5) is 36.3. The van der Waals surface area contributed by atoms with Crippen molar-refractivity contribution in [2.24, 2.45) is 0 Å². The number of rotatable bonds is 27. The van der Waals surface area contributed by atoms with Gasteiger partial charge in [0, 0.05) is 19.3 Å². The number of nitrogens with zero attached hydrogens (tertiary/aromatic N) is 1. The highest BCUT2D eigenvalue weighted by Gasteiger charge is 2.31. The zero-order valence-corrected chi connectivity index (χ0v) is 26.7. The largest absolute Gasteiger partial charge is 0.477 e. The highest BCUT2D eigenvalue weighted by molar-refractivity contribution is 5.72. The van der Waals surface area contributed by atoms with Crippen LogP contribution in [-0.4, -0.2) is 80.6 Å². The number of quaternary nitrogens is 1. The SMILES string of the molecule is CC/C=C/C/C=C/CCC(=O)OCC(COCCC(C(=O)O)[N+](C)(C)C)OC(=O)CCCCCCCCCCCC. The van der Waals surface area contributed by atoms with Crippen LogP contribution >= 0.6 is 0 Å². The molecule has 0 bridgehead atoms. The molecule has 238 valence electrons. The van der Waals surface area contributed by atoms with Crippen LogP contribution in [0.4, 0.5) is 0 Å². The van der Waals surface area contributed by atoms with Gasteiger partial charge in [-0.3, -0.25) is 9.59 Å². The molecule has 0 aliphatic heterocycles. The molecule has 1 N–H and O–H groups in total. The Morgan fingerprint density at radius 2 is 1.37 bits per heavy atom. The van der Waals surface area contributed by atoms with E-state index < -0.39 is 18.1 Å². The van der Waals surface area contributed by atoms with Gasteiger partial charge in [-0.15, -0.1) is 0 Å². The van der Waals surface area contributed by atoms with E-state index in [1.807, 2.05) is 33.3 Å². The molecule has 2 unspecified atom stereocenters. The molecule has 0 heterocycles. The first kappa shape index (κ1) is 38.8.